The normalized spacial score (nSPS) is 11.9. The number of nitrogens with one attached hydrogen (secondary N) is 1. The van der Waals surface area contributed by atoms with Gasteiger partial charge in [-0.15, -0.1) is 0 Å². The molecule has 0 fully saturated rings. The average Bonchev–Trinajstić information content (AvgIpc) is 3.41. The number of Topliss-reactive ketones (excluding diaryl/α,β-unsaturated/α-hetero) is 1. The molecular formula is C21H17N5O4. The number of primary amides is 1. The first-order valence-corrected chi connectivity index (χ1v) is 9.07. The van der Waals surface area contributed by atoms with E-state index in [0.717, 1.165) is 5.39 Å². The topological polar surface area (TPSA) is 133 Å². The monoisotopic (exact) mass is 403 g/mol. The van der Waals surface area contributed by atoms with Crippen molar-refractivity contribution >= 4 is 28.6 Å². The van der Waals surface area contributed by atoms with Crippen molar-refractivity contribution in [3.63, 3.8) is 0 Å². The molecule has 0 aliphatic carbocycles. The van der Waals surface area contributed by atoms with Crippen LogP contribution in [0.5, 0.6) is 0 Å². The minimum Gasteiger partial charge on any atom is -0.464 e. The number of ketones is 1. The molecule has 1 atom stereocenters. The van der Waals surface area contributed by atoms with E-state index in [9.17, 15) is 14.4 Å². The van der Waals surface area contributed by atoms with Crippen LogP contribution >= 0.6 is 0 Å². The number of furan rings is 1. The maximum Gasteiger partial charge on any atom is 0.287 e. The summed E-state index contributed by atoms with van der Waals surface area (Å²) < 4.78 is 7.04. The zero-order valence-corrected chi connectivity index (χ0v) is 15.7. The molecular weight excluding hydrogens is 386 g/mol. The molecule has 0 bridgehead atoms. The highest BCUT2D eigenvalue weighted by Crippen LogP contribution is 2.22. The maximum atomic E-state index is 12.9. The summed E-state index contributed by atoms with van der Waals surface area (Å²) in [4.78, 5) is 44.9. The van der Waals surface area contributed by atoms with Crippen molar-refractivity contribution in [3.8, 4) is 5.69 Å². The van der Waals surface area contributed by atoms with Gasteiger partial charge >= 0.3 is 0 Å². The van der Waals surface area contributed by atoms with Gasteiger partial charge in [0.05, 0.1) is 24.5 Å². The van der Waals surface area contributed by atoms with Gasteiger partial charge in [-0.3, -0.25) is 23.9 Å². The van der Waals surface area contributed by atoms with Crippen molar-refractivity contribution in [3.05, 3.63) is 78.8 Å². The van der Waals surface area contributed by atoms with Crippen LogP contribution in [0, 0.1) is 0 Å². The molecule has 3 heterocycles. The summed E-state index contributed by atoms with van der Waals surface area (Å²) in [6.45, 7) is 0. The number of rotatable bonds is 7. The average molecular weight is 403 g/mol. The third-order valence-corrected chi connectivity index (χ3v) is 4.66. The minimum absolute atomic E-state index is 0.0495. The fourth-order valence-corrected chi connectivity index (χ4v) is 3.20. The molecule has 4 aromatic rings. The molecule has 0 saturated carbocycles. The largest absolute Gasteiger partial charge is 0.464 e. The molecule has 0 radical (unpaired) electrons. The van der Waals surface area contributed by atoms with Crippen LogP contribution in [0.2, 0.25) is 0 Å². The Hall–Kier alpha value is -4.27. The summed E-state index contributed by atoms with van der Waals surface area (Å²) in [7, 11) is 0. The van der Waals surface area contributed by atoms with E-state index < -0.39 is 23.6 Å². The van der Waals surface area contributed by atoms with E-state index in [1.807, 2.05) is 18.2 Å². The molecule has 4 rings (SSSR count). The van der Waals surface area contributed by atoms with E-state index in [-0.39, 0.29) is 12.1 Å². The number of amides is 2. The summed E-state index contributed by atoms with van der Waals surface area (Å²) in [6.07, 6.45) is 7.56. The summed E-state index contributed by atoms with van der Waals surface area (Å²) in [5.41, 5.74) is 7.39. The number of nitrogens with two attached hydrogens (primary N) is 1. The lowest BCUT2D eigenvalue weighted by Crippen LogP contribution is -2.47. The quantitative estimate of drug-likeness (QED) is 0.448. The molecule has 0 aliphatic rings. The number of para-hydroxylation sites is 1. The number of aromatic nitrogens is 3. The zero-order valence-electron chi connectivity index (χ0n) is 15.7. The number of fused-ring (bicyclic) bond motifs is 1. The molecule has 1 unspecified atom stereocenters. The zero-order chi connectivity index (χ0) is 21.1. The van der Waals surface area contributed by atoms with E-state index in [4.69, 9.17) is 10.2 Å². The van der Waals surface area contributed by atoms with Gasteiger partial charge in [-0.1, -0.05) is 18.2 Å². The molecule has 3 N–H and O–H groups in total. The first-order valence-electron chi connectivity index (χ1n) is 9.07. The highest BCUT2D eigenvalue weighted by atomic mass is 16.3. The number of hydrogen-bond donors (Lipinski definition) is 2. The van der Waals surface area contributed by atoms with Crippen LogP contribution in [0.4, 0.5) is 0 Å². The van der Waals surface area contributed by atoms with Gasteiger partial charge in [0.15, 0.2) is 0 Å². The van der Waals surface area contributed by atoms with E-state index in [1.165, 1.54) is 18.8 Å². The predicted molar refractivity (Wildman–Crippen MR) is 107 cm³/mol. The molecule has 2 amide bonds. The number of imidazole rings is 1. The summed E-state index contributed by atoms with van der Waals surface area (Å²) in [6, 6.07) is 9.54. The standard InChI is InChI=1S/C21H17N5O4/c22-20(28)19(27)16(9-13-11-30-18-4-2-1-3-15(13)18)25-21(29)17-10-24-12-26(17)14-5-7-23-8-6-14/h1-8,10-12,16H,9H2,(H2,22,28)(H,25,29). The second kappa shape index (κ2) is 8.00. The third kappa shape index (κ3) is 3.68. The van der Waals surface area contributed by atoms with E-state index >= 15 is 0 Å². The lowest BCUT2D eigenvalue weighted by atomic mass is 10.0. The Morgan fingerprint density at radius 1 is 1.10 bits per heavy atom. The summed E-state index contributed by atoms with van der Waals surface area (Å²) in [5.74, 6) is -2.60. The smallest absolute Gasteiger partial charge is 0.287 e. The summed E-state index contributed by atoms with van der Waals surface area (Å²) in [5, 5.41) is 3.39. The van der Waals surface area contributed by atoms with Crippen LogP contribution in [0.25, 0.3) is 16.7 Å². The van der Waals surface area contributed by atoms with Gasteiger partial charge in [0.2, 0.25) is 5.78 Å². The Morgan fingerprint density at radius 2 is 1.87 bits per heavy atom. The van der Waals surface area contributed by atoms with Crippen LogP contribution in [0.3, 0.4) is 0 Å². The third-order valence-electron chi connectivity index (χ3n) is 4.66. The fraction of sp³-hybridized carbons (Fsp3) is 0.0952. The number of hydrogen-bond acceptors (Lipinski definition) is 6. The van der Waals surface area contributed by atoms with Gasteiger partial charge in [0.25, 0.3) is 11.8 Å². The van der Waals surface area contributed by atoms with Gasteiger partial charge in [0.1, 0.15) is 17.3 Å². The van der Waals surface area contributed by atoms with Crippen LogP contribution in [-0.2, 0) is 16.0 Å². The highest BCUT2D eigenvalue weighted by molar-refractivity contribution is 6.38. The molecule has 150 valence electrons. The predicted octanol–water partition coefficient (Wildman–Crippen LogP) is 1.41. The summed E-state index contributed by atoms with van der Waals surface area (Å²) >= 11 is 0. The van der Waals surface area contributed by atoms with Crippen LogP contribution in [-0.4, -0.2) is 38.2 Å². The number of carbonyl (C=O) groups excluding carboxylic acids is 3. The van der Waals surface area contributed by atoms with E-state index in [2.05, 4.69) is 15.3 Å². The van der Waals surface area contributed by atoms with Crippen molar-refractivity contribution in [2.24, 2.45) is 5.73 Å². The Kier molecular flexibility index (Phi) is 5.08. The van der Waals surface area contributed by atoms with Crippen LogP contribution in [0.1, 0.15) is 16.1 Å². The molecule has 0 spiro atoms. The van der Waals surface area contributed by atoms with Crippen molar-refractivity contribution < 1.29 is 18.8 Å². The lowest BCUT2D eigenvalue weighted by molar-refractivity contribution is -0.137. The molecule has 9 heteroatoms. The highest BCUT2D eigenvalue weighted by Gasteiger charge is 2.28. The number of pyridine rings is 1. The molecule has 0 aliphatic heterocycles. The van der Waals surface area contributed by atoms with Crippen LogP contribution < -0.4 is 11.1 Å². The second-order valence-electron chi connectivity index (χ2n) is 6.57. The number of carbonyl (C=O) groups is 3. The van der Waals surface area contributed by atoms with E-state index in [0.29, 0.717) is 16.8 Å². The molecule has 3 aromatic heterocycles. The lowest BCUT2D eigenvalue weighted by Gasteiger charge is -2.16. The first kappa shape index (κ1) is 19.1. The van der Waals surface area contributed by atoms with Gasteiger partial charge < -0.3 is 15.5 Å². The first-order chi connectivity index (χ1) is 14.5. The fourth-order valence-electron chi connectivity index (χ4n) is 3.20. The Morgan fingerprint density at radius 3 is 2.63 bits per heavy atom. The van der Waals surface area contributed by atoms with Crippen molar-refractivity contribution in [2.75, 3.05) is 0 Å². The van der Waals surface area contributed by atoms with Gasteiger partial charge in [0, 0.05) is 29.8 Å². The maximum absolute atomic E-state index is 12.9. The Labute approximate surface area is 170 Å². The molecule has 1 aromatic carbocycles. The Bertz CT molecular complexity index is 1230. The SMILES string of the molecule is NC(=O)C(=O)C(Cc1coc2ccccc12)NC(=O)c1cncn1-c1ccncc1. The van der Waals surface area contributed by atoms with Crippen molar-refractivity contribution in [2.45, 2.75) is 12.5 Å². The van der Waals surface area contributed by atoms with Crippen molar-refractivity contribution in [1.82, 2.24) is 19.9 Å². The van der Waals surface area contributed by atoms with E-state index in [1.54, 1.807) is 35.2 Å². The number of benzene rings is 1. The minimum atomic E-state index is -1.16. The van der Waals surface area contributed by atoms with Crippen molar-refractivity contribution in [1.29, 1.82) is 0 Å². The second-order valence-corrected chi connectivity index (χ2v) is 6.57. The molecule has 9 nitrogen and oxygen atoms in total. The van der Waals surface area contributed by atoms with Gasteiger partial charge in [-0.25, -0.2) is 4.98 Å². The number of nitrogens with zero attached hydrogens (tertiary/aromatic N) is 3. The molecule has 30 heavy (non-hydrogen) atoms. The van der Waals surface area contributed by atoms with Gasteiger partial charge in [-0.2, -0.15) is 0 Å². The van der Waals surface area contributed by atoms with Gasteiger partial charge in [-0.05, 0) is 18.2 Å². The van der Waals surface area contributed by atoms with Crippen LogP contribution in [0.15, 0.2) is 72.0 Å². The Balaban J connectivity index is 1.62. The molecule has 0 saturated heterocycles.